The molecule has 1 atom stereocenters. The highest BCUT2D eigenvalue weighted by Crippen LogP contribution is 2.34. The second kappa shape index (κ2) is 11.5. The van der Waals surface area contributed by atoms with E-state index in [4.69, 9.17) is 28.5 Å². The first kappa shape index (κ1) is 28.9. The van der Waals surface area contributed by atoms with Crippen molar-refractivity contribution >= 4 is 23.2 Å². The van der Waals surface area contributed by atoms with Crippen molar-refractivity contribution in [3.63, 3.8) is 0 Å². The second-order valence-corrected chi connectivity index (χ2v) is 10.4. The van der Waals surface area contributed by atoms with Gasteiger partial charge in [-0.2, -0.15) is 34.1 Å². The Morgan fingerprint density at radius 3 is 2.52 bits per heavy atom. The highest BCUT2D eigenvalue weighted by atomic mass is 35.5. The molecule has 0 aliphatic heterocycles. The summed E-state index contributed by atoms with van der Waals surface area (Å²) in [4.78, 5) is 0. The second-order valence-electron chi connectivity index (χ2n) is 9.59. The van der Waals surface area contributed by atoms with Crippen LogP contribution in [0, 0.1) is 22.4 Å². The lowest BCUT2D eigenvalue weighted by Gasteiger charge is -2.18. The van der Waals surface area contributed by atoms with Crippen molar-refractivity contribution in [2.24, 2.45) is 7.05 Å². The zero-order valence-corrected chi connectivity index (χ0v) is 23.9. The highest BCUT2D eigenvalue weighted by molar-refractivity contribution is 6.32. The SMILES string of the molecule is Cn1cc(-c2cnn([C@H](Cc3ccn(C(F)F)n3)c3ccc(-c4c(-n5cc(C#N)nn5)ccc(Cl)c4F)c[n+]3[O-])c2)c(Cl)n1. The van der Waals surface area contributed by atoms with Crippen LogP contribution < -0.4 is 4.73 Å². The molecule has 222 valence electrons. The van der Waals surface area contributed by atoms with Crippen LogP contribution in [0.15, 0.2) is 67.5 Å². The summed E-state index contributed by atoms with van der Waals surface area (Å²) in [6, 6.07) is 8.24. The van der Waals surface area contributed by atoms with E-state index in [1.54, 1.807) is 25.6 Å². The van der Waals surface area contributed by atoms with Crippen LogP contribution in [0.1, 0.15) is 29.7 Å². The average molecular weight is 640 g/mol. The van der Waals surface area contributed by atoms with Crippen LogP contribution in [-0.2, 0) is 13.5 Å². The molecule has 0 N–H and O–H groups in total. The molecule has 0 spiro atoms. The van der Waals surface area contributed by atoms with Crippen molar-refractivity contribution in [1.82, 2.24) is 44.3 Å². The summed E-state index contributed by atoms with van der Waals surface area (Å²) in [6.45, 7) is -2.84. The Balaban J connectivity index is 1.44. The molecule has 6 aromatic rings. The van der Waals surface area contributed by atoms with Crippen molar-refractivity contribution in [3.05, 3.63) is 106 Å². The monoisotopic (exact) mass is 639 g/mol. The molecule has 0 fully saturated rings. The molecular weight excluding hydrogens is 622 g/mol. The molecule has 0 unspecified atom stereocenters. The minimum atomic E-state index is -2.84. The number of alkyl halides is 2. The number of rotatable bonds is 8. The van der Waals surface area contributed by atoms with Crippen LogP contribution in [-0.4, -0.2) is 44.3 Å². The van der Waals surface area contributed by atoms with E-state index in [2.05, 4.69) is 25.6 Å². The molecule has 1 aromatic carbocycles. The fraction of sp³-hybridized carbons (Fsp3) is 0.148. The minimum absolute atomic E-state index is 0.00355. The smallest absolute Gasteiger partial charge is 0.333 e. The van der Waals surface area contributed by atoms with Gasteiger partial charge in [0.25, 0.3) is 0 Å². The molecule has 0 radical (unpaired) electrons. The third kappa shape index (κ3) is 5.36. The fourth-order valence-electron chi connectivity index (χ4n) is 4.77. The van der Waals surface area contributed by atoms with Crippen LogP contribution in [0.2, 0.25) is 10.2 Å². The molecule has 0 aliphatic rings. The molecule has 0 saturated heterocycles. The van der Waals surface area contributed by atoms with Crippen LogP contribution in [0.5, 0.6) is 0 Å². The summed E-state index contributed by atoms with van der Waals surface area (Å²) in [7, 11) is 1.71. The number of aryl methyl sites for hydroxylation is 1. The standard InChI is InChI=1S/C27H18Cl2F3N11O/c1-39-14-19(26(29)37-39)16-10-34-41(11-16)23(8-17-6-7-40(36-17)27(31)32)21-4-2-15(12-43(21)44)24-22(5-3-20(28)25(24)30)42-13-18(9-33)35-38-42/h2-7,10-14,23,27H,8H2,1H3/t23-/m1/s1. The first-order valence-electron chi connectivity index (χ1n) is 12.7. The normalized spacial score (nSPS) is 12.1. The molecule has 5 aromatic heterocycles. The maximum atomic E-state index is 15.5. The summed E-state index contributed by atoms with van der Waals surface area (Å²) in [5.41, 5.74) is 1.93. The number of hydrogen-bond acceptors (Lipinski definition) is 7. The Labute approximate surface area is 256 Å². The van der Waals surface area contributed by atoms with Crippen LogP contribution in [0.3, 0.4) is 0 Å². The molecule has 0 bridgehead atoms. The molecule has 0 saturated carbocycles. The maximum Gasteiger partial charge on any atom is 0.333 e. The summed E-state index contributed by atoms with van der Waals surface area (Å²) in [5, 5.41) is 42.9. The molecule has 44 heavy (non-hydrogen) atoms. The van der Waals surface area contributed by atoms with Crippen molar-refractivity contribution in [2.45, 2.75) is 19.0 Å². The van der Waals surface area contributed by atoms with Gasteiger partial charge < -0.3 is 5.21 Å². The van der Waals surface area contributed by atoms with Gasteiger partial charge in [0.2, 0.25) is 5.69 Å². The minimum Gasteiger partial charge on any atom is -0.618 e. The lowest BCUT2D eigenvalue weighted by molar-refractivity contribution is -0.615. The van der Waals surface area contributed by atoms with E-state index < -0.39 is 18.4 Å². The number of nitriles is 1. The predicted octanol–water partition coefficient (Wildman–Crippen LogP) is 4.91. The van der Waals surface area contributed by atoms with Gasteiger partial charge in [-0.05, 0) is 24.3 Å². The van der Waals surface area contributed by atoms with Crippen molar-refractivity contribution in [3.8, 4) is 34.0 Å². The molecule has 12 nitrogen and oxygen atoms in total. The van der Waals surface area contributed by atoms with Gasteiger partial charge in [0.1, 0.15) is 12.1 Å². The summed E-state index contributed by atoms with van der Waals surface area (Å²) in [5.74, 6) is -0.815. The quantitative estimate of drug-likeness (QED) is 0.171. The summed E-state index contributed by atoms with van der Waals surface area (Å²) < 4.78 is 47.2. The first-order chi connectivity index (χ1) is 21.1. The number of halogens is 5. The zero-order chi connectivity index (χ0) is 31.1. The number of nitrogens with zero attached hydrogens (tertiary/aromatic N) is 11. The molecule has 0 amide bonds. The van der Waals surface area contributed by atoms with E-state index in [-0.39, 0.29) is 50.5 Å². The Kier molecular flexibility index (Phi) is 7.53. The van der Waals surface area contributed by atoms with Crippen molar-refractivity contribution in [1.29, 1.82) is 5.26 Å². The van der Waals surface area contributed by atoms with Gasteiger partial charge in [-0.25, -0.2) is 13.8 Å². The Bertz CT molecular complexity index is 2040. The Hall–Kier alpha value is -5.20. The van der Waals surface area contributed by atoms with E-state index in [1.165, 1.54) is 50.6 Å². The third-order valence-corrected chi connectivity index (χ3v) is 7.35. The van der Waals surface area contributed by atoms with Gasteiger partial charge in [0.15, 0.2) is 22.9 Å². The van der Waals surface area contributed by atoms with E-state index in [0.29, 0.717) is 20.5 Å². The number of benzene rings is 1. The summed E-state index contributed by atoms with van der Waals surface area (Å²) >= 11 is 12.4. The molecule has 0 aliphatic carbocycles. The molecular formula is C27H18Cl2F3N11O. The first-order valence-corrected chi connectivity index (χ1v) is 13.5. The molecule has 17 heteroatoms. The molecule has 5 heterocycles. The fourth-order valence-corrected chi connectivity index (χ4v) is 5.20. The topological polar surface area (TPSA) is 135 Å². The van der Waals surface area contributed by atoms with Gasteiger partial charge in [-0.1, -0.05) is 28.4 Å². The highest BCUT2D eigenvalue weighted by Gasteiger charge is 2.28. The van der Waals surface area contributed by atoms with Gasteiger partial charge in [0, 0.05) is 49.3 Å². The van der Waals surface area contributed by atoms with Gasteiger partial charge in [0.05, 0.1) is 39.9 Å². The average Bonchev–Trinajstić information content (AvgIpc) is 3.80. The number of hydrogen-bond donors (Lipinski definition) is 0. The van der Waals surface area contributed by atoms with E-state index >= 15 is 4.39 Å². The number of pyridine rings is 1. The van der Waals surface area contributed by atoms with Gasteiger partial charge in [-0.3, -0.25) is 9.36 Å². The molecule has 6 rings (SSSR count). The van der Waals surface area contributed by atoms with Gasteiger partial charge >= 0.3 is 6.55 Å². The number of aromatic nitrogens is 10. The van der Waals surface area contributed by atoms with Crippen molar-refractivity contribution in [2.75, 3.05) is 0 Å². The third-order valence-electron chi connectivity index (χ3n) is 6.78. The van der Waals surface area contributed by atoms with E-state index in [0.717, 1.165) is 12.4 Å². The lowest BCUT2D eigenvalue weighted by atomic mass is 10.0. The van der Waals surface area contributed by atoms with Gasteiger partial charge in [-0.15, -0.1) is 5.10 Å². The Morgan fingerprint density at radius 1 is 1.05 bits per heavy atom. The summed E-state index contributed by atoms with van der Waals surface area (Å²) in [6.07, 6.45) is 8.51. The van der Waals surface area contributed by atoms with E-state index in [9.17, 15) is 14.0 Å². The maximum absolute atomic E-state index is 15.5. The Morgan fingerprint density at radius 2 is 1.86 bits per heavy atom. The largest absolute Gasteiger partial charge is 0.618 e. The lowest BCUT2D eigenvalue weighted by Crippen LogP contribution is -2.36. The van der Waals surface area contributed by atoms with Crippen molar-refractivity contribution < 1.29 is 17.9 Å². The van der Waals surface area contributed by atoms with Crippen LogP contribution >= 0.6 is 23.2 Å². The van der Waals surface area contributed by atoms with Crippen LogP contribution in [0.25, 0.3) is 27.9 Å². The van der Waals surface area contributed by atoms with E-state index in [1.807, 2.05) is 6.07 Å². The zero-order valence-electron chi connectivity index (χ0n) is 22.4. The van der Waals surface area contributed by atoms with Crippen LogP contribution in [0.4, 0.5) is 13.2 Å². The predicted molar refractivity (Wildman–Crippen MR) is 150 cm³/mol.